The Morgan fingerprint density at radius 1 is 0.946 bits per heavy atom. The van der Waals surface area contributed by atoms with E-state index < -0.39 is 5.92 Å². The average molecular weight is 498 g/mol. The van der Waals surface area contributed by atoms with Gasteiger partial charge in [-0.2, -0.15) is 0 Å². The van der Waals surface area contributed by atoms with Crippen molar-refractivity contribution in [1.82, 2.24) is 10.2 Å². The van der Waals surface area contributed by atoms with E-state index in [1.54, 1.807) is 11.9 Å². The number of aliphatic imine (C=N–C) groups is 1. The van der Waals surface area contributed by atoms with E-state index in [1.807, 2.05) is 91.8 Å². The summed E-state index contributed by atoms with van der Waals surface area (Å²) >= 11 is 0. The number of likely N-dealkylation sites (N-methyl/N-ethyl adjacent to an activating group) is 2. The summed E-state index contributed by atoms with van der Waals surface area (Å²) < 4.78 is 0. The zero-order chi connectivity index (χ0) is 26.5. The van der Waals surface area contributed by atoms with E-state index in [0.717, 1.165) is 28.1 Å². The van der Waals surface area contributed by atoms with Crippen LogP contribution in [0.25, 0.3) is 0 Å². The molecule has 1 atom stereocenters. The van der Waals surface area contributed by atoms with Crippen LogP contribution >= 0.6 is 0 Å². The topological polar surface area (TPSA) is 94.1 Å². The number of nitrogens with zero attached hydrogens (tertiary/aromatic N) is 3. The minimum absolute atomic E-state index is 0.0134. The summed E-state index contributed by atoms with van der Waals surface area (Å²) in [5, 5.41) is 5.76. The first-order chi connectivity index (χ1) is 17.7. The van der Waals surface area contributed by atoms with Crippen LogP contribution in [0.1, 0.15) is 29.5 Å². The minimum atomic E-state index is -0.568. The molecular weight excluding hydrogens is 466 g/mol. The molecule has 0 radical (unpaired) electrons. The van der Waals surface area contributed by atoms with Gasteiger partial charge in [-0.1, -0.05) is 42.5 Å². The number of para-hydroxylation sites is 1. The predicted octanol–water partition coefficient (Wildman–Crippen LogP) is 3.70. The number of rotatable bonds is 8. The van der Waals surface area contributed by atoms with E-state index in [-0.39, 0.29) is 17.7 Å². The van der Waals surface area contributed by atoms with Gasteiger partial charge in [0, 0.05) is 31.9 Å². The van der Waals surface area contributed by atoms with Crippen molar-refractivity contribution in [2.45, 2.75) is 19.4 Å². The second-order valence-electron chi connectivity index (χ2n) is 9.32. The largest absolute Gasteiger partial charge is 0.352 e. The first-order valence-corrected chi connectivity index (χ1v) is 12.1. The number of carbonyl (C=O) groups excluding carboxylic acids is 3. The number of benzene rings is 3. The molecule has 0 fully saturated rings. The van der Waals surface area contributed by atoms with Crippen molar-refractivity contribution < 1.29 is 14.4 Å². The molecular formula is C29H31N5O3. The van der Waals surface area contributed by atoms with Crippen LogP contribution in [0.2, 0.25) is 0 Å². The summed E-state index contributed by atoms with van der Waals surface area (Å²) in [5.74, 6) is -0.807. The van der Waals surface area contributed by atoms with Crippen LogP contribution in [-0.4, -0.2) is 56.0 Å². The SMILES string of the molecule is CC(=O)NCc1ccc(C(=Nc2ccc(N(C)C(=O)CN(C)C)cc2)C2C(=O)Nc3ccccc32)cc1. The van der Waals surface area contributed by atoms with Gasteiger partial charge in [0.05, 0.1) is 17.9 Å². The fourth-order valence-electron chi connectivity index (χ4n) is 4.21. The van der Waals surface area contributed by atoms with Gasteiger partial charge in [0.2, 0.25) is 17.7 Å². The van der Waals surface area contributed by atoms with Gasteiger partial charge >= 0.3 is 0 Å². The maximum atomic E-state index is 13.1. The Kier molecular flexibility index (Phi) is 7.79. The van der Waals surface area contributed by atoms with Crippen molar-refractivity contribution in [2.75, 3.05) is 37.9 Å². The van der Waals surface area contributed by atoms with E-state index in [1.165, 1.54) is 6.92 Å². The lowest BCUT2D eigenvalue weighted by Crippen LogP contribution is -2.34. The minimum Gasteiger partial charge on any atom is -0.352 e. The molecule has 1 aliphatic heterocycles. The summed E-state index contributed by atoms with van der Waals surface area (Å²) in [4.78, 5) is 45.2. The standard InChI is InChI=1S/C29H31N5O3/c1-19(35)30-17-20-9-11-21(12-10-20)28(27-24-7-5-6-8-25(24)32-29(27)37)31-22-13-15-23(16-14-22)34(4)26(36)18-33(2)3/h5-16,27H,17-18H2,1-4H3,(H,30,35)(H,32,37). The number of nitrogens with one attached hydrogen (secondary N) is 2. The lowest BCUT2D eigenvalue weighted by atomic mass is 9.90. The summed E-state index contributed by atoms with van der Waals surface area (Å²) in [6, 6.07) is 22.7. The van der Waals surface area contributed by atoms with Gasteiger partial charge in [0.1, 0.15) is 5.92 Å². The van der Waals surface area contributed by atoms with Crippen molar-refractivity contribution >= 4 is 40.5 Å². The molecule has 8 heteroatoms. The molecule has 190 valence electrons. The van der Waals surface area contributed by atoms with E-state index >= 15 is 0 Å². The molecule has 0 saturated heterocycles. The van der Waals surface area contributed by atoms with Gasteiger partial charge in [-0.25, -0.2) is 0 Å². The molecule has 0 spiro atoms. The Bertz CT molecular complexity index is 1330. The van der Waals surface area contributed by atoms with Crippen LogP contribution in [0.4, 0.5) is 17.1 Å². The summed E-state index contributed by atoms with van der Waals surface area (Å²) in [7, 11) is 5.46. The molecule has 37 heavy (non-hydrogen) atoms. The van der Waals surface area contributed by atoms with Gasteiger partial charge < -0.3 is 20.4 Å². The Morgan fingerprint density at radius 3 is 2.27 bits per heavy atom. The third-order valence-corrected chi connectivity index (χ3v) is 6.17. The van der Waals surface area contributed by atoms with Gasteiger partial charge in [-0.15, -0.1) is 0 Å². The van der Waals surface area contributed by atoms with Gasteiger partial charge in [0.15, 0.2) is 0 Å². The lowest BCUT2D eigenvalue weighted by Gasteiger charge is -2.20. The van der Waals surface area contributed by atoms with Crippen molar-refractivity contribution in [3.05, 3.63) is 89.5 Å². The number of hydrogen-bond acceptors (Lipinski definition) is 5. The Labute approximate surface area is 217 Å². The highest BCUT2D eigenvalue weighted by Gasteiger charge is 2.35. The predicted molar refractivity (Wildman–Crippen MR) is 146 cm³/mol. The monoisotopic (exact) mass is 497 g/mol. The second-order valence-corrected chi connectivity index (χ2v) is 9.32. The van der Waals surface area contributed by atoms with Crippen molar-refractivity contribution in [1.29, 1.82) is 0 Å². The molecule has 0 saturated carbocycles. The lowest BCUT2D eigenvalue weighted by molar-refractivity contribution is -0.119. The number of carbonyl (C=O) groups is 3. The number of amides is 3. The molecule has 0 bridgehead atoms. The molecule has 1 heterocycles. The summed E-state index contributed by atoms with van der Waals surface area (Å²) in [5.41, 5.74) is 5.47. The number of anilines is 2. The molecule has 3 aromatic rings. The van der Waals surface area contributed by atoms with Gasteiger partial charge in [-0.05, 0) is 61.1 Å². The average Bonchev–Trinajstić information content (AvgIpc) is 3.21. The molecule has 3 amide bonds. The molecule has 0 aromatic heterocycles. The van der Waals surface area contributed by atoms with Gasteiger partial charge in [-0.3, -0.25) is 19.4 Å². The summed E-state index contributed by atoms with van der Waals surface area (Å²) in [6.45, 7) is 2.22. The molecule has 1 unspecified atom stereocenters. The fraction of sp³-hybridized carbons (Fsp3) is 0.241. The molecule has 8 nitrogen and oxygen atoms in total. The van der Waals surface area contributed by atoms with Crippen molar-refractivity contribution in [3.8, 4) is 0 Å². The first-order valence-electron chi connectivity index (χ1n) is 12.1. The molecule has 0 aliphatic carbocycles. The zero-order valence-electron chi connectivity index (χ0n) is 21.5. The van der Waals surface area contributed by atoms with Crippen molar-refractivity contribution in [3.63, 3.8) is 0 Å². The zero-order valence-corrected chi connectivity index (χ0v) is 21.5. The maximum absolute atomic E-state index is 13.1. The Balaban J connectivity index is 1.69. The van der Waals surface area contributed by atoms with Crippen LogP contribution in [0.15, 0.2) is 77.8 Å². The van der Waals surface area contributed by atoms with E-state index in [0.29, 0.717) is 24.5 Å². The number of hydrogen-bond donors (Lipinski definition) is 2. The molecule has 2 N–H and O–H groups in total. The fourth-order valence-corrected chi connectivity index (χ4v) is 4.21. The van der Waals surface area contributed by atoms with Crippen LogP contribution in [0.5, 0.6) is 0 Å². The normalized spacial score (nSPS) is 14.8. The molecule has 4 rings (SSSR count). The first kappa shape index (κ1) is 25.8. The summed E-state index contributed by atoms with van der Waals surface area (Å²) in [6.07, 6.45) is 0. The third kappa shape index (κ3) is 6.10. The highest BCUT2D eigenvalue weighted by molar-refractivity contribution is 6.24. The second kappa shape index (κ2) is 11.2. The van der Waals surface area contributed by atoms with E-state index in [9.17, 15) is 14.4 Å². The quantitative estimate of drug-likeness (QED) is 0.464. The number of fused-ring (bicyclic) bond motifs is 1. The smallest absolute Gasteiger partial charge is 0.240 e. The highest BCUT2D eigenvalue weighted by atomic mass is 16.2. The third-order valence-electron chi connectivity index (χ3n) is 6.17. The van der Waals surface area contributed by atoms with Crippen LogP contribution in [0, 0.1) is 0 Å². The van der Waals surface area contributed by atoms with Gasteiger partial charge in [0.25, 0.3) is 0 Å². The van der Waals surface area contributed by atoms with E-state index in [4.69, 9.17) is 4.99 Å². The van der Waals surface area contributed by atoms with Crippen molar-refractivity contribution in [2.24, 2.45) is 4.99 Å². The Morgan fingerprint density at radius 2 is 1.62 bits per heavy atom. The highest BCUT2D eigenvalue weighted by Crippen LogP contribution is 2.36. The van der Waals surface area contributed by atoms with Crippen LogP contribution in [-0.2, 0) is 20.9 Å². The maximum Gasteiger partial charge on any atom is 0.240 e. The van der Waals surface area contributed by atoms with Crippen LogP contribution < -0.4 is 15.5 Å². The Hall–Kier alpha value is -4.30. The van der Waals surface area contributed by atoms with Crippen LogP contribution in [0.3, 0.4) is 0 Å². The molecule has 1 aliphatic rings. The molecule has 3 aromatic carbocycles. The van der Waals surface area contributed by atoms with E-state index in [2.05, 4.69) is 10.6 Å².